The van der Waals surface area contributed by atoms with Crippen LogP contribution in [0, 0.1) is 6.92 Å². The van der Waals surface area contributed by atoms with Crippen molar-refractivity contribution in [3.8, 4) is 5.75 Å². The van der Waals surface area contributed by atoms with Crippen LogP contribution in [0.2, 0.25) is 0 Å². The van der Waals surface area contributed by atoms with Gasteiger partial charge in [-0.2, -0.15) is 0 Å². The summed E-state index contributed by atoms with van der Waals surface area (Å²) in [6.07, 6.45) is 1.05. The highest BCUT2D eigenvalue weighted by Crippen LogP contribution is 2.21. The van der Waals surface area contributed by atoms with Crippen molar-refractivity contribution in [3.05, 3.63) is 34.1 Å². The molecule has 18 heavy (non-hydrogen) atoms. The van der Waals surface area contributed by atoms with Crippen molar-refractivity contribution in [2.24, 2.45) is 0 Å². The number of thioether (sulfide) groups is 1. The molecular formula is C11H13N3O3S. The fraction of sp³-hybridized carbons (Fsp3) is 0.364. The van der Waals surface area contributed by atoms with Gasteiger partial charge in [-0.1, -0.05) is 11.8 Å². The van der Waals surface area contributed by atoms with Gasteiger partial charge in [0.1, 0.15) is 17.8 Å². The highest BCUT2D eigenvalue weighted by Gasteiger charge is 2.09. The molecule has 0 unspecified atom stereocenters. The minimum atomic E-state index is -0.440. The highest BCUT2D eigenvalue weighted by molar-refractivity contribution is 7.98. The van der Waals surface area contributed by atoms with Crippen LogP contribution in [0.5, 0.6) is 5.75 Å². The van der Waals surface area contributed by atoms with Crippen LogP contribution in [0.3, 0.4) is 0 Å². The quantitative estimate of drug-likeness (QED) is 0.847. The zero-order valence-electron chi connectivity index (χ0n) is 10.1. The molecule has 2 heterocycles. The van der Waals surface area contributed by atoms with E-state index in [1.165, 1.54) is 17.8 Å². The second kappa shape index (κ2) is 5.26. The van der Waals surface area contributed by atoms with Crippen molar-refractivity contribution in [2.75, 3.05) is 0 Å². The van der Waals surface area contributed by atoms with Crippen LogP contribution < -0.4 is 5.43 Å². The Morgan fingerprint density at radius 2 is 2.28 bits per heavy atom. The number of aromatic hydroxyl groups is 1. The van der Waals surface area contributed by atoms with Crippen LogP contribution >= 0.6 is 11.8 Å². The summed E-state index contributed by atoms with van der Waals surface area (Å²) in [4.78, 5) is 11.2. The molecule has 0 saturated heterocycles. The molecule has 96 valence electrons. The summed E-state index contributed by atoms with van der Waals surface area (Å²) < 4.78 is 7.09. The van der Waals surface area contributed by atoms with Gasteiger partial charge in [-0.05, 0) is 13.8 Å². The molecular weight excluding hydrogens is 254 g/mol. The summed E-state index contributed by atoms with van der Waals surface area (Å²) in [5, 5.41) is 17.9. The number of aromatic nitrogens is 3. The van der Waals surface area contributed by atoms with Gasteiger partial charge in [0.15, 0.2) is 10.9 Å². The van der Waals surface area contributed by atoms with Crippen LogP contribution in [0.25, 0.3) is 0 Å². The Bertz CT molecular complexity index is 606. The number of hydrogen-bond donors (Lipinski definition) is 1. The maximum atomic E-state index is 11.2. The summed E-state index contributed by atoms with van der Waals surface area (Å²) in [5.41, 5.74) is -0.440. The van der Waals surface area contributed by atoms with Crippen molar-refractivity contribution in [1.82, 2.24) is 14.8 Å². The molecule has 0 aliphatic rings. The van der Waals surface area contributed by atoms with Crippen molar-refractivity contribution < 1.29 is 9.52 Å². The first kappa shape index (κ1) is 12.7. The molecule has 0 aromatic carbocycles. The fourth-order valence-electron chi connectivity index (χ4n) is 1.49. The summed E-state index contributed by atoms with van der Waals surface area (Å²) in [7, 11) is 0. The van der Waals surface area contributed by atoms with Gasteiger partial charge < -0.3 is 14.1 Å². The van der Waals surface area contributed by atoms with Gasteiger partial charge in [-0.15, -0.1) is 10.2 Å². The Labute approximate surface area is 108 Å². The smallest absolute Gasteiger partial charge is 0.226 e. The molecule has 2 aromatic rings. The van der Waals surface area contributed by atoms with Crippen LogP contribution in [0.15, 0.2) is 26.7 Å². The second-order valence-electron chi connectivity index (χ2n) is 3.66. The van der Waals surface area contributed by atoms with E-state index in [1.54, 1.807) is 0 Å². The number of rotatable bonds is 4. The van der Waals surface area contributed by atoms with Crippen LogP contribution in [-0.2, 0) is 12.3 Å². The van der Waals surface area contributed by atoms with E-state index in [-0.39, 0.29) is 5.75 Å². The highest BCUT2D eigenvalue weighted by atomic mass is 32.2. The SMILES string of the molecule is CCn1c(C)nnc1SCc1cc(=O)c(O)co1. The average molecular weight is 267 g/mol. The van der Waals surface area contributed by atoms with Gasteiger partial charge in [0.05, 0.1) is 5.75 Å². The number of hydrogen-bond acceptors (Lipinski definition) is 6. The molecule has 0 aliphatic carbocycles. The predicted molar refractivity (Wildman–Crippen MR) is 66.6 cm³/mol. The molecule has 0 radical (unpaired) electrons. The molecule has 0 saturated carbocycles. The summed E-state index contributed by atoms with van der Waals surface area (Å²) in [6.45, 7) is 4.70. The van der Waals surface area contributed by atoms with E-state index in [1.807, 2.05) is 18.4 Å². The first-order valence-corrected chi connectivity index (χ1v) is 6.43. The lowest BCUT2D eigenvalue weighted by atomic mass is 10.4. The number of nitrogens with zero attached hydrogens (tertiary/aromatic N) is 3. The molecule has 0 aliphatic heterocycles. The van der Waals surface area contributed by atoms with E-state index >= 15 is 0 Å². The largest absolute Gasteiger partial charge is 0.502 e. The summed E-state index contributed by atoms with van der Waals surface area (Å²) in [5.74, 6) is 1.43. The fourth-order valence-corrected chi connectivity index (χ4v) is 2.43. The standard InChI is InChI=1S/C11H13N3O3S/c1-3-14-7(2)12-13-11(14)18-6-8-4-9(15)10(16)5-17-8/h4-5,16H,3,6H2,1-2H3. The Morgan fingerprint density at radius 3 is 2.94 bits per heavy atom. The van der Waals surface area contributed by atoms with Gasteiger partial charge in [-0.3, -0.25) is 4.79 Å². The molecule has 0 amide bonds. The van der Waals surface area contributed by atoms with Crippen molar-refractivity contribution in [1.29, 1.82) is 0 Å². The summed E-state index contributed by atoms with van der Waals surface area (Å²) >= 11 is 1.44. The molecule has 7 heteroatoms. The maximum Gasteiger partial charge on any atom is 0.226 e. The minimum absolute atomic E-state index is 0.378. The van der Waals surface area contributed by atoms with Gasteiger partial charge in [0.25, 0.3) is 0 Å². The molecule has 0 fully saturated rings. The van der Waals surface area contributed by atoms with E-state index in [0.717, 1.165) is 23.8 Å². The van der Waals surface area contributed by atoms with E-state index < -0.39 is 5.43 Å². The molecule has 0 atom stereocenters. The third-order valence-corrected chi connectivity index (χ3v) is 3.42. The van der Waals surface area contributed by atoms with Crippen LogP contribution in [0.4, 0.5) is 0 Å². The normalized spacial score (nSPS) is 10.8. The Morgan fingerprint density at radius 1 is 1.50 bits per heavy atom. The maximum absolute atomic E-state index is 11.2. The Balaban J connectivity index is 2.11. The minimum Gasteiger partial charge on any atom is -0.502 e. The Hall–Kier alpha value is -1.76. The average Bonchev–Trinajstić information content (AvgIpc) is 2.71. The van der Waals surface area contributed by atoms with Crippen LogP contribution in [-0.4, -0.2) is 19.9 Å². The summed E-state index contributed by atoms with van der Waals surface area (Å²) in [6, 6.07) is 1.28. The molecule has 6 nitrogen and oxygen atoms in total. The molecule has 2 rings (SSSR count). The van der Waals surface area contributed by atoms with E-state index in [2.05, 4.69) is 10.2 Å². The van der Waals surface area contributed by atoms with Gasteiger partial charge in [0.2, 0.25) is 5.43 Å². The lowest BCUT2D eigenvalue weighted by molar-refractivity contribution is 0.419. The van der Waals surface area contributed by atoms with E-state index in [0.29, 0.717) is 11.5 Å². The van der Waals surface area contributed by atoms with Gasteiger partial charge >= 0.3 is 0 Å². The predicted octanol–water partition coefficient (Wildman–Crippen LogP) is 1.56. The van der Waals surface area contributed by atoms with Crippen molar-refractivity contribution in [2.45, 2.75) is 31.3 Å². The molecule has 1 N–H and O–H groups in total. The zero-order valence-corrected chi connectivity index (χ0v) is 10.9. The Kier molecular flexibility index (Phi) is 3.71. The van der Waals surface area contributed by atoms with Crippen molar-refractivity contribution >= 4 is 11.8 Å². The third-order valence-electron chi connectivity index (χ3n) is 2.43. The lowest BCUT2D eigenvalue weighted by Crippen LogP contribution is -2.01. The van der Waals surface area contributed by atoms with Crippen LogP contribution in [0.1, 0.15) is 18.5 Å². The van der Waals surface area contributed by atoms with E-state index in [4.69, 9.17) is 9.52 Å². The molecule has 0 bridgehead atoms. The first-order chi connectivity index (χ1) is 8.61. The van der Waals surface area contributed by atoms with Gasteiger partial charge in [-0.25, -0.2) is 0 Å². The monoisotopic (exact) mass is 267 g/mol. The zero-order chi connectivity index (χ0) is 13.1. The second-order valence-corrected chi connectivity index (χ2v) is 4.60. The van der Waals surface area contributed by atoms with Crippen molar-refractivity contribution in [3.63, 3.8) is 0 Å². The molecule has 0 spiro atoms. The lowest BCUT2D eigenvalue weighted by Gasteiger charge is -2.04. The van der Waals surface area contributed by atoms with Gasteiger partial charge in [0, 0.05) is 12.6 Å². The number of aryl methyl sites for hydroxylation is 1. The topological polar surface area (TPSA) is 81.2 Å². The third kappa shape index (κ3) is 2.56. The van der Waals surface area contributed by atoms with E-state index in [9.17, 15) is 4.79 Å². The first-order valence-electron chi connectivity index (χ1n) is 5.45. The molecule has 2 aromatic heterocycles.